The third-order valence-electron chi connectivity index (χ3n) is 4.84. The van der Waals surface area contributed by atoms with Gasteiger partial charge in [-0.2, -0.15) is 0 Å². The molecular formula is C25H20N2O5. The van der Waals surface area contributed by atoms with Crippen LogP contribution in [0.15, 0.2) is 89.5 Å². The lowest BCUT2D eigenvalue weighted by atomic mass is 10.1. The normalized spacial score (nSPS) is 11.5. The van der Waals surface area contributed by atoms with Gasteiger partial charge in [-0.15, -0.1) is 0 Å². The molecule has 0 radical (unpaired) electrons. The molecule has 1 atom stereocenters. The summed E-state index contributed by atoms with van der Waals surface area (Å²) in [7, 11) is 0. The van der Waals surface area contributed by atoms with E-state index < -0.39 is 23.9 Å². The summed E-state index contributed by atoms with van der Waals surface area (Å²) in [5.74, 6) is -1.60. The summed E-state index contributed by atoms with van der Waals surface area (Å²) in [5.41, 5.74) is 1.000. The third-order valence-corrected chi connectivity index (χ3v) is 4.84. The summed E-state index contributed by atoms with van der Waals surface area (Å²) in [6.07, 6.45) is 0.320. The van der Waals surface area contributed by atoms with Crippen molar-refractivity contribution in [2.45, 2.75) is 13.0 Å². The number of nitrogens with one attached hydrogen (secondary N) is 2. The van der Waals surface area contributed by atoms with Crippen LogP contribution >= 0.6 is 0 Å². The first-order valence-corrected chi connectivity index (χ1v) is 9.96. The van der Waals surface area contributed by atoms with Crippen molar-refractivity contribution in [3.63, 3.8) is 0 Å². The van der Waals surface area contributed by atoms with Gasteiger partial charge in [0.05, 0.1) is 17.5 Å². The van der Waals surface area contributed by atoms with E-state index >= 15 is 0 Å². The number of esters is 1. The molecule has 32 heavy (non-hydrogen) atoms. The summed E-state index contributed by atoms with van der Waals surface area (Å²) >= 11 is 0. The maximum Gasteiger partial charge on any atom is 0.341 e. The lowest BCUT2D eigenvalue weighted by Crippen LogP contribution is -2.30. The van der Waals surface area contributed by atoms with Crippen molar-refractivity contribution < 1.29 is 23.5 Å². The molecule has 0 spiro atoms. The molecule has 1 aromatic heterocycles. The number of hydrogen-bond donors (Lipinski definition) is 2. The molecule has 0 aliphatic rings. The van der Waals surface area contributed by atoms with Crippen LogP contribution in [0.5, 0.6) is 0 Å². The minimum atomic E-state index is -1.06. The van der Waals surface area contributed by atoms with Crippen molar-refractivity contribution in [1.82, 2.24) is 0 Å². The second-order valence-electron chi connectivity index (χ2n) is 7.04. The Balaban J connectivity index is 1.45. The van der Waals surface area contributed by atoms with Crippen LogP contribution < -0.4 is 10.6 Å². The SMILES string of the molecule is CC(OC(=O)c1ccccc1NC(=O)c1ccco1)C(=O)Nc1cccc2ccccc12. The Morgan fingerprint density at radius 1 is 0.812 bits per heavy atom. The molecular weight excluding hydrogens is 408 g/mol. The van der Waals surface area contributed by atoms with Gasteiger partial charge in [-0.1, -0.05) is 48.5 Å². The fourth-order valence-corrected chi connectivity index (χ4v) is 3.21. The zero-order valence-corrected chi connectivity index (χ0v) is 17.2. The molecule has 0 fully saturated rings. The van der Waals surface area contributed by atoms with Crippen molar-refractivity contribution in [2.24, 2.45) is 0 Å². The van der Waals surface area contributed by atoms with Gasteiger partial charge in [-0.3, -0.25) is 9.59 Å². The van der Waals surface area contributed by atoms with Crippen LogP contribution in [0.2, 0.25) is 0 Å². The Hall–Kier alpha value is -4.39. The van der Waals surface area contributed by atoms with Crippen LogP contribution in [-0.2, 0) is 9.53 Å². The van der Waals surface area contributed by atoms with E-state index in [1.807, 2.05) is 36.4 Å². The lowest BCUT2D eigenvalue weighted by Gasteiger charge is -2.16. The fourth-order valence-electron chi connectivity index (χ4n) is 3.21. The summed E-state index contributed by atoms with van der Waals surface area (Å²) in [6.45, 7) is 1.49. The number of amides is 2. The molecule has 0 aliphatic carbocycles. The number of hydrogen-bond acceptors (Lipinski definition) is 5. The van der Waals surface area contributed by atoms with Crippen molar-refractivity contribution in [3.05, 3.63) is 96.4 Å². The molecule has 1 unspecified atom stereocenters. The Morgan fingerprint density at radius 2 is 1.53 bits per heavy atom. The van der Waals surface area contributed by atoms with Gasteiger partial charge in [0.25, 0.3) is 11.8 Å². The largest absolute Gasteiger partial charge is 0.459 e. The Labute approximate surface area is 184 Å². The van der Waals surface area contributed by atoms with Crippen molar-refractivity contribution >= 4 is 39.9 Å². The van der Waals surface area contributed by atoms with Crippen LogP contribution in [0.3, 0.4) is 0 Å². The molecule has 7 nitrogen and oxygen atoms in total. The van der Waals surface area contributed by atoms with Gasteiger partial charge < -0.3 is 19.8 Å². The van der Waals surface area contributed by atoms with E-state index in [9.17, 15) is 14.4 Å². The topological polar surface area (TPSA) is 97.6 Å². The van der Waals surface area contributed by atoms with Gasteiger partial charge in [0.1, 0.15) is 0 Å². The number of ether oxygens (including phenoxy) is 1. The summed E-state index contributed by atoms with van der Waals surface area (Å²) in [4.78, 5) is 37.7. The van der Waals surface area contributed by atoms with E-state index in [0.29, 0.717) is 5.69 Å². The Kier molecular flexibility index (Phi) is 5.98. The van der Waals surface area contributed by atoms with Crippen LogP contribution in [0.25, 0.3) is 10.8 Å². The number of rotatable bonds is 6. The van der Waals surface area contributed by atoms with E-state index in [0.717, 1.165) is 10.8 Å². The predicted octanol–water partition coefficient (Wildman–Crippen LogP) is 4.87. The highest BCUT2D eigenvalue weighted by atomic mass is 16.5. The first-order chi connectivity index (χ1) is 15.5. The van der Waals surface area contributed by atoms with Gasteiger partial charge >= 0.3 is 5.97 Å². The van der Waals surface area contributed by atoms with E-state index in [1.165, 1.54) is 25.3 Å². The molecule has 2 N–H and O–H groups in total. The second kappa shape index (κ2) is 9.18. The van der Waals surface area contributed by atoms with Crippen LogP contribution in [-0.4, -0.2) is 23.9 Å². The molecule has 160 valence electrons. The zero-order valence-electron chi connectivity index (χ0n) is 17.2. The molecule has 4 aromatic rings. The quantitative estimate of drug-likeness (QED) is 0.427. The number of anilines is 2. The number of fused-ring (bicyclic) bond motifs is 1. The maximum atomic E-state index is 12.7. The predicted molar refractivity (Wildman–Crippen MR) is 121 cm³/mol. The van der Waals surface area contributed by atoms with Gasteiger partial charge in [0.2, 0.25) is 0 Å². The average Bonchev–Trinajstić information content (AvgIpc) is 3.35. The summed E-state index contributed by atoms with van der Waals surface area (Å²) in [5, 5.41) is 7.30. The molecule has 1 heterocycles. The zero-order chi connectivity index (χ0) is 22.5. The molecule has 4 rings (SSSR count). The molecule has 7 heteroatoms. The van der Waals surface area contributed by atoms with Gasteiger partial charge in [0.15, 0.2) is 11.9 Å². The minimum absolute atomic E-state index is 0.107. The maximum absolute atomic E-state index is 12.7. The van der Waals surface area contributed by atoms with Gasteiger partial charge in [-0.25, -0.2) is 4.79 Å². The third kappa shape index (κ3) is 4.52. The molecule has 3 aromatic carbocycles. The van der Waals surface area contributed by atoms with Crippen molar-refractivity contribution in [2.75, 3.05) is 10.6 Å². The molecule has 0 saturated carbocycles. The Morgan fingerprint density at radius 3 is 2.34 bits per heavy atom. The van der Waals surface area contributed by atoms with E-state index in [4.69, 9.17) is 9.15 Å². The van der Waals surface area contributed by atoms with Crippen LogP contribution in [0, 0.1) is 0 Å². The minimum Gasteiger partial charge on any atom is -0.459 e. The number of benzene rings is 3. The number of carbonyl (C=O) groups excluding carboxylic acids is 3. The standard InChI is InChI=1S/C25H20N2O5/c1-16(23(28)26-20-13-6-9-17-8-2-3-10-18(17)20)32-25(30)19-11-4-5-12-21(19)27-24(29)22-14-7-15-31-22/h2-16H,1H3,(H,26,28)(H,27,29). The molecule has 0 aliphatic heterocycles. The molecule has 2 amide bonds. The fraction of sp³-hybridized carbons (Fsp3) is 0.0800. The highest BCUT2D eigenvalue weighted by molar-refractivity contribution is 6.08. The first kappa shape index (κ1) is 20.9. The molecule has 0 saturated heterocycles. The highest BCUT2D eigenvalue weighted by Crippen LogP contribution is 2.23. The van der Waals surface area contributed by atoms with E-state index in [2.05, 4.69) is 10.6 Å². The average molecular weight is 428 g/mol. The van der Waals surface area contributed by atoms with Crippen molar-refractivity contribution in [1.29, 1.82) is 0 Å². The monoisotopic (exact) mass is 428 g/mol. The smallest absolute Gasteiger partial charge is 0.341 e. The summed E-state index contributed by atoms with van der Waals surface area (Å²) in [6, 6.07) is 22.7. The highest BCUT2D eigenvalue weighted by Gasteiger charge is 2.22. The van der Waals surface area contributed by atoms with Crippen LogP contribution in [0.1, 0.15) is 27.8 Å². The number of carbonyl (C=O) groups is 3. The Bertz CT molecular complexity index is 1280. The lowest BCUT2D eigenvalue weighted by molar-refractivity contribution is -0.123. The number of furan rings is 1. The van der Waals surface area contributed by atoms with E-state index in [1.54, 1.807) is 30.3 Å². The van der Waals surface area contributed by atoms with Gasteiger partial charge in [0, 0.05) is 11.1 Å². The molecule has 0 bridgehead atoms. The second-order valence-corrected chi connectivity index (χ2v) is 7.04. The van der Waals surface area contributed by atoms with E-state index in [-0.39, 0.29) is 17.0 Å². The first-order valence-electron chi connectivity index (χ1n) is 9.96. The van der Waals surface area contributed by atoms with Gasteiger partial charge in [-0.05, 0) is 42.6 Å². The van der Waals surface area contributed by atoms with Crippen molar-refractivity contribution in [3.8, 4) is 0 Å². The van der Waals surface area contributed by atoms with Crippen LogP contribution in [0.4, 0.5) is 11.4 Å². The summed E-state index contributed by atoms with van der Waals surface area (Å²) < 4.78 is 10.4. The number of para-hydroxylation sites is 1.